The lowest BCUT2D eigenvalue weighted by atomic mass is 10.1. The Kier molecular flexibility index (Phi) is 3.03. The van der Waals surface area contributed by atoms with Crippen LogP contribution >= 0.6 is 11.6 Å². The fourth-order valence-corrected chi connectivity index (χ4v) is 2.91. The van der Waals surface area contributed by atoms with Gasteiger partial charge in [0.25, 0.3) is 0 Å². The first-order valence-corrected chi connectivity index (χ1v) is 8.16. The Morgan fingerprint density at radius 1 is 1.20 bits per heavy atom. The van der Waals surface area contributed by atoms with Crippen LogP contribution in [0.25, 0.3) is 22.3 Å². The summed E-state index contributed by atoms with van der Waals surface area (Å²) in [5.74, 6) is 0. The number of sulfone groups is 1. The van der Waals surface area contributed by atoms with Crippen molar-refractivity contribution in [2.75, 3.05) is 6.26 Å². The minimum absolute atomic E-state index is 0.285. The number of aromatic amines is 1. The Hall–Kier alpha value is -1.85. The van der Waals surface area contributed by atoms with Crippen molar-refractivity contribution >= 4 is 32.5 Å². The molecule has 0 saturated carbocycles. The van der Waals surface area contributed by atoms with Crippen molar-refractivity contribution in [2.45, 2.75) is 4.90 Å². The molecule has 0 aliphatic carbocycles. The zero-order valence-corrected chi connectivity index (χ0v) is 12.2. The maximum absolute atomic E-state index is 11.6. The molecule has 102 valence electrons. The van der Waals surface area contributed by atoms with E-state index in [0.717, 1.165) is 16.6 Å². The number of H-pyrrole nitrogens is 1. The molecule has 6 heteroatoms. The number of aromatic nitrogens is 2. The molecule has 20 heavy (non-hydrogen) atoms. The Bertz CT molecular complexity index is 900. The summed E-state index contributed by atoms with van der Waals surface area (Å²) in [5, 5.41) is 1.42. The van der Waals surface area contributed by atoms with Gasteiger partial charge in [-0.3, -0.25) is 0 Å². The first-order valence-electron chi connectivity index (χ1n) is 5.89. The molecule has 0 bridgehead atoms. The van der Waals surface area contributed by atoms with Gasteiger partial charge in [-0.05, 0) is 29.8 Å². The molecule has 2 aromatic heterocycles. The van der Waals surface area contributed by atoms with Crippen molar-refractivity contribution in [3.05, 3.63) is 47.6 Å². The summed E-state index contributed by atoms with van der Waals surface area (Å²) >= 11 is 6.11. The van der Waals surface area contributed by atoms with E-state index in [9.17, 15) is 8.42 Å². The molecular weight excluding hydrogens is 296 g/mol. The summed E-state index contributed by atoms with van der Waals surface area (Å²) in [6.07, 6.45) is 2.81. The predicted molar refractivity (Wildman–Crippen MR) is 79.6 cm³/mol. The Morgan fingerprint density at radius 3 is 2.70 bits per heavy atom. The van der Waals surface area contributed by atoms with E-state index in [4.69, 9.17) is 11.6 Å². The van der Waals surface area contributed by atoms with Crippen LogP contribution in [0.1, 0.15) is 0 Å². The molecule has 4 nitrogen and oxygen atoms in total. The summed E-state index contributed by atoms with van der Waals surface area (Å²) in [6.45, 7) is 0. The summed E-state index contributed by atoms with van der Waals surface area (Å²) in [5.41, 5.74) is 2.24. The third-order valence-corrected chi connectivity index (χ3v) is 4.49. The topological polar surface area (TPSA) is 62.8 Å². The highest BCUT2D eigenvalue weighted by Crippen LogP contribution is 2.28. The minimum Gasteiger partial charge on any atom is -0.339 e. The summed E-state index contributed by atoms with van der Waals surface area (Å²) in [4.78, 5) is 7.63. The van der Waals surface area contributed by atoms with E-state index in [2.05, 4.69) is 9.97 Å². The molecule has 0 spiro atoms. The molecule has 1 aromatic carbocycles. The molecule has 0 aliphatic rings. The average Bonchev–Trinajstić information content (AvgIpc) is 2.83. The van der Waals surface area contributed by atoms with Gasteiger partial charge in [-0.15, -0.1) is 0 Å². The number of rotatable bonds is 2. The highest BCUT2D eigenvalue weighted by molar-refractivity contribution is 7.90. The van der Waals surface area contributed by atoms with Crippen LogP contribution in [0.5, 0.6) is 0 Å². The number of pyridine rings is 1. The van der Waals surface area contributed by atoms with Crippen molar-refractivity contribution in [1.29, 1.82) is 0 Å². The van der Waals surface area contributed by atoms with Gasteiger partial charge in [0.1, 0.15) is 5.65 Å². The molecule has 0 atom stereocenters. The molecule has 3 rings (SSSR count). The second-order valence-electron chi connectivity index (χ2n) is 4.54. The van der Waals surface area contributed by atoms with Crippen LogP contribution in [0.3, 0.4) is 0 Å². The van der Waals surface area contributed by atoms with Gasteiger partial charge in [-0.1, -0.05) is 23.7 Å². The minimum atomic E-state index is -3.23. The zero-order valence-electron chi connectivity index (χ0n) is 10.6. The van der Waals surface area contributed by atoms with E-state index in [1.165, 1.54) is 6.26 Å². The maximum Gasteiger partial charge on any atom is 0.175 e. The third kappa shape index (κ3) is 2.30. The lowest BCUT2D eigenvalue weighted by Crippen LogP contribution is -1.96. The van der Waals surface area contributed by atoms with E-state index in [-0.39, 0.29) is 4.90 Å². The third-order valence-electron chi connectivity index (χ3n) is 3.05. The summed E-state index contributed by atoms with van der Waals surface area (Å²) < 4.78 is 23.2. The van der Waals surface area contributed by atoms with Crippen molar-refractivity contribution in [3.63, 3.8) is 0 Å². The summed E-state index contributed by atoms with van der Waals surface area (Å²) in [6, 6.07) is 10.3. The second-order valence-corrected chi connectivity index (χ2v) is 6.96. The van der Waals surface area contributed by atoms with Gasteiger partial charge in [0.15, 0.2) is 9.84 Å². The first-order chi connectivity index (χ1) is 9.45. The van der Waals surface area contributed by atoms with Crippen LogP contribution in [0.4, 0.5) is 0 Å². The first kappa shape index (κ1) is 13.1. The lowest BCUT2D eigenvalue weighted by molar-refractivity contribution is 0.602. The van der Waals surface area contributed by atoms with E-state index < -0.39 is 9.84 Å². The average molecular weight is 307 g/mol. The second kappa shape index (κ2) is 4.61. The van der Waals surface area contributed by atoms with Gasteiger partial charge in [-0.2, -0.15) is 0 Å². The van der Waals surface area contributed by atoms with Crippen LogP contribution < -0.4 is 0 Å². The molecule has 0 saturated heterocycles. The van der Waals surface area contributed by atoms with E-state index in [1.54, 1.807) is 30.5 Å². The van der Waals surface area contributed by atoms with E-state index in [1.807, 2.05) is 12.1 Å². The monoisotopic (exact) mass is 306 g/mol. The fourth-order valence-electron chi connectivity index (χ4n) is 2.04. The van der Waals surface area contributed by atoms with Gasteiger partial charge in [0, 0.05) is 23.5 Å². The smallest absolute Gasteiger partial charge is 0.175 e. The number of fused-ring (bicyclic) bond motifs is 1. The number of hydrogen-bond acceptors (Lipinski definition) is 3. The SMILES string of the molecule is CS(=O)(=O)c1cccc(-c2cc3c(Cl)ccnc3[nH]2)c1. The van der Waals surface area contributed by atoms with Crippen molar-refractivity contribution < 1.29 is 8.42 Å². The molecule has 0 aliphatic heterocycles. The van der Waals surface area contributed by atoms with Gasteiger partial charge in [0.05, 0.1) is 9.92 Å². The van der Waals surface area contributed by atoms with Crippen molar-refractivity contribution in [1.82, 2.24) is 9.97 Å². The Labute approximate surface area is 121 Å². The van der Waals surface area contributed by atoms with Gasteiger partial charge < -0.3 is 4.98 Å². The lowest BCUT2D eigenvalue weighted by Gasteiger charge is -2.01. The number of halogens is 1. The molecule has 0 amide bonds. The molecule has 1 N–H and O–H groups in total. The van der Waals surface area contributed by atoms with Gasteiger partial charge in [0.2, 0.25) is 0 Å². The molecule has 3 aromatic rings. The molecule has 2 heterocycles. The fraction of sp³-hybridized carbons (Fsp3) is 0.0714. The van der Waals surface area contributed by atoms with Crippen LogP contribution in [0.15, 0.2) is 47.5 Å². The predicted octanol–water partition coefficient (Wildman–Crippen LogP) is 3.29. The van der Waals surface area contributed by atoms with E-state index >= 15 is 0 Å². The summed E-state index contributed by atoms with van der Waals surface area (Å²) in [7, 11) is -3.23. The van der Waals surface area contributed by atoms with Crippen LogP contribution in [-0.2, 0) is 9.84 Å². The largest absolute Gasteiger partial charge is 0.339 e. The Balaban J connectivity index is 2.19. The quantitative estimate of drug-likeness (QED) is 0.790. The van der Waals surface area contributed by atoms with Gasteiger partial charge >= 0.3 is 0 Å². The van der Waals surface area contributed by atoms with E-state index in [0.29, 0.717) is 10.7 Å². The highest BCUT2D eigenvalue weighted by Gasteiger charge is 2.11. The number of nitrogens with one attached hydrogen (secondary N) is 1. The number of hydrogen-bond donors (Lipinski definition) is 1. The zero-order chi connectivity index (χ0) is 14.3. The maximum atomic E-state index is 11.6. The number of nitrogens with zero attached hydrogens (tertiary/aromatic N) is 1. The standard InChI is InChI=1S/C14H11ClN2O2S/c1-20(18,19)10-4-2-3-9(7-10)13-8-11-12(15)5-6-16-14(11)17-13/h2-8H,1H3,(H,16,17). The molecule has 0 fully saturated rings. The number of benzene rings is 1. The normalized spacial score (nSPS) is 11.9. The highest BCUT2D eigenvalue weighted by atomic mass is 35.5. The molecular formula is C14H11ClN2O2S. The molecule has 0 unspecified atom stereocenters. The van der Waals surface area contributed by atoms with Crippen LogP contribution in [0.2, 0.25) is 5.02 Å². The van der Waals surface area contributed by atoms with Crippen molar-refractivity contribution in [2.24, 2.45) is 0 Å². The van der Waals surface area contributed by atoms with Gasteiger partial charge in [-0.25, -0.2) is 13.4 Å². The van der Waals surface area contributed by atoms with Crippen LogP contribution in [0, 0.1) is 0 Å². The molecule has 0 radical (unpaired) electrons. The van der Waals surface area contributed by atoms with Crippen LogP contribution in [-0.4, -0.2) is 24.6 Å². The Morgan fingerprint density at radius 2 is 2.00 bits per heavy atom. The van der Waals surface area contributed by atoms with Crippen molar-refractivity contribution in [3.8, 4) is 11.3 Å².